The molecule has 0 fully saturated rings. The van der Waals surface area contributed by atoms with Crippen LogP contribution >= 0.6 is 0 Å². The minimum Gasteiger partial charge on any atom is -0.479 e. The van der Waals surface area contributed by atoms with Crippen molar-refractivity contribution < 1.29 is 23.6 Å². The molecule has 0 aliphatic carbocycles. The number of carbonyl (C=O) groups is 2. The Morgan fingerprint density at radius 3 is 2.65 bits per heavy atom. The van der Waals surface area contributed by atoms with Crippen LogP contribution in [0.2, 0.25) is 0 Å². The molecule has 0 saturated heterocycles. The Morgan fingerprint density at radius 2 is 2.00 bits per heavy atom. The lowest BCUT2D eigenvalue weighted by Gasteiger charge is -2.07. The summed E-state index contributed by atoms with van der Waals surface area (Å²) in [6.07, 6.45) is 0. The molecule has 104 valence electrons. The summed E-state index contributed by atoms with van der Waals surface area (Å²) in [5, 5.41) is 6.07. The second kappa shape index (κ2) is 5.87. The second-order valence-electron chi connectivity index (χ2n) is 3.72. The van der Waals surface area contributed by atoms with Gasteiger partial charge in [-0.1, -0.05) is 12.1 Å². The third kappa shape index (κ3) is 2.77. The van der Waals surface area contributed by atoms with Crippen molar-refractivity contribution in [2.24, 2.45) is 0 Å². The number of nitrogens with zero attached hydrogens (tertiary/aromatic N) is 1. The Hall–Kier alpha value is -2.83. The quantitative estimate of drug-likeness (QED) is 0.855. The molecule has 2 aromatic rings. The number of amides is 1. The number of esters is 1. The lowest BCUT2D eigenvalue weighted by molar-refractivity contribution is 0.0602. The molecule has 0 radical (unpaired) electrons. The van der Waals surface area contributed by atoms with Crippen LogP contribution < -0.4 is 10.1 Å². The van der Waals surface area contributed by atoms with Crippen LogP contribution in [0.25, 0.3) is 0 Å². The molecule has 1 aromatic heterocycles. The van der Waals surface area contributed by atoms with Gasteiger partial charge in [0.05, 0.1) is 31.5 Å². The number of benzene rings is 1. The molecule has 1 aromatic carbocycles. The highest BCUT2D eigenvalue weighted by Gasteiger charge is 2.17. The molecule has 0 spiro atoms. The van der Waals surface area contributed by atoms with Crippen molar-refractivity contribution in [3.05, 3.63) is 41.7 Å². The zero-order chi connectivity index (χ0) is 14.5. The van der Waals surface area contributed by atoms with E-state index in [0.717, 1.165) is 0 Å². The third-order valence-corrected chi connectivity index (χ3v) is 2.50. The SMILES string of the molecule is COC(=O)c1ccccc1NC(=O)c1cc(OC)no1. The number of anilines is 1. The molecule has 0 atom stereocenters. The van der Waals surface area contributed by atoms with Crippen LogP contribution in [0.3, 0.4) is 0 Å². The van der Waals surface area contributed by atoms with Gasteiger partial charge in [-0.05, 0) is 17.3 Å². The average molecular weight is 276 g/mol. The van der Waals surface area contributed by atoms with E-state index in [9.17, 15) is 9.59 Å². The Balaban J connectivity index is 2.21. The number of aromatic nitrogens is 1. The molecule has 7 heteroatoms. The number of ether oxygens (including phenoxy) is 2. The first-order valence-electron chi connectivity index (χ1n) is 5.65. The van der Waals surface area contributed by atoms with Crippen molar-refractivity contribution >= 4 is 17.6 Å². The molecule has 1 amide bonds. The number of para-hydroxylation sites is 1. The first-order chi connectivity index (χ1) is 9.65. The maximum atomic E-state index is 12.0. The summed E-state index contributed by atoms with van der Waals surface area (Å²) in [4.78, 5) is 23.5. The number of hydrogen-bond donors (Lipinski definition) is 1. The van der Waals surface area contributed by atoms with Crippen molar-refractivity contribution in [2.45, 2.75) is 0 Å². The molecule has 2 rings (SSSR count). The molecule has 0 bridgehead atoms. The Bertz CT molecular complexity index is 635. The van der Waals surface area contributed by atoms with E-state index in [1.54, 1.807) is 24.3 Å². The summed E-state index contributed by atoms with van der Waals surface area (Å²) < 4.78 is 14.3. The monoisotopic (exact) mass is 276 g/mol. The normalized spacial score (nSPS) is 9.90. The van der Waals surface area contributed by atoms with Crippen LogP contribution in [-0.2, 0) is 4.74 Å². The fourth-order valence-electron chi connectivity index (χ4n) is 1.53. The summed E-state index contributed by atoms with van der Waals surface area (Å²) >= 11 is 0. The number of methoxy groups -OCH3 is 2. The van der Waals surface area contributed by atoms with E-state index in [4.69, 9.17) is 9.26 Å². The Kier molecular flexibility index (Phi) is 3.99. The summed E-state index contributed by atoms with van der Waals surface area (Å²) in [5.74, 6) is -0.925. The van der Waals surface area contributed by atoms with Crippen molar-refractivity contribution in [1.29, 1.82) is 0 Å². The Morgan fingerprint density at radius 1 is 1.25 bits per heavy atom. The van der Waals surface area contributed by atoms with E-state index >= 15 is 0 Å². The van der Waals surface area contributed by atoms with Crippen LogP contribution in [0, 0.1) is 0 Å². The second-order valence-corrected chi connectivity index (χ2v) is 3.72. The molecule has 1 N–H and O–H groups in total. The van der Waals surface area contributed by atoms with Gasteiger partial charge in [0.25, 0.3) is 11.8 Å². The maximum absolute atomic E-state index is 12.0. The van der Waals surface area contributed by atoms with Crippen molar-refractivity contribution in [3.8, 4) is 5.88 Å². The van der Waals surface area contributed by atoms with Crippen molar-refractivity contribution in [2.75, 3.05) is 19.5 Å². The van der Waals surface area contributed by atoms with Gasteiger partial charge >= 0.3 is 5.97 Å². The topological polar surface area (TPSA) is 90.7 Å². The van der Waals surface area contributed by atoms with E-state index in [1.807, 2.05) is 0 Å². The molecule has 0 aliphatic heterocycles. The van der Waals surface area contributed by atoms with E-state index in [0.29, 0.717) is 5.69 Å². The lowest BCUT2D eigenvalue weighted by atomic mass is 10.2. The molecular formula is C13H12N2O5. The minimum absolute atomic E-state index is 0.0264. The smallest absolute Gasteiger partial charge is 0.339 e. The van der Waals surface area contributed by atoms with Crippen molar-refractivity contribution in [3.63, 3.8) is 0 Å². The molecule has 0 unspecified atom stereocenters. The largest absolute Gasteiger partial charge is 0.479 e. The van der Waals surface area contributed by atoms with Gasteiger partial charge in [0.1, 0.15) is 0 Å². The van der Waals surface area contributed by atoms with E-state index in [1.165, 1.54) is 20.3 Å². The molecule has 20 heavy (non-hydrogen) atoms. The van der Waals surface area contributed by atoms with E-state index in [-0.39, 0.29) is 17.2 Å². The van der Waals surface area contributed by atoms with Gasteiger partial charge in [-0.3, -0.25) is 4.79 Å². The summed E-state index contributed by atoms with van der Waals surface area (Å²) in [6, 6.07) is 7.82. The average Bonchev–Trinajstić information content (AvgIpc) is 2.96. The first-order valence-corrected chi connectivity index (χ1v) is 5.65. The fraction of sp³-hybridized carbons (Fsp3) is 0.154. The van der Waals surface area contributed by atoms with Crippen LogP contribution in [0.5, 0.6) is 5.88 Å². The van der Waals surface area contributed by atoms with Gasteiger partial charge in [0, 0.05) is 0 Å². The minimum atomic E-state index is -0.545. The highest BCUT2D eigenvalue weighted by Crippen LogP contribution is 2.18. The van der Waals surface area contributed by atoms with Gasteiger partial charge in [-0.2, -0.15) is 0 Å². The molecule has 7 nitrogen and oxygen atoms in total. The van der Waals surface area contributed by atoms with Gasteiger partial charge in [0.2, 0.25) is 5.76 Å². The number of nitrogens with one attached hydrogen (secondary N) is 1. The standard InChI is InChI=1S/C13H12N2O5/c1-18-11-7-10(20-15-11)12(16)14-9-6-4-3-5-8(9)13(17)19-2/h3-7H,1-2H3,(H,14,16). The van der Waals surface area contributed by atoms with Gasteiger partial charge in [-0.25, -0.2) is 4.79 Å². The van der Waals surface area contributed by atoms with E-state index in [2.05, 4.69) is 15.2 Å². The summed E-state index contributed by atoms with van der Waals surface area (Å²) in [7, 11) is 2.67. The van der Waals surface area contributed by atoms with Crippen molar-refractivity contribution in [1.82, 2.24) is 5.16 Å². The molecule has 1 heterocycles. The van der Waals surface area contributed by atoms with Gasteiger partial charge in [-0.15, -0.1) is 0 Å². The molecule has 0 aliphatic rings. The predicted octanol–water partition coefficient (Wildman–Crippen LogP) is 1.72. The van der Waals surface area contributed by atoms with Crippen LogP contribution in [-0.4, -0.2) is 31.3 Å². The summed E-state index contributed by atoms with van der Waals surface area (Å²) in [6.45, 7) is 0. The highest BCUT2D eigenvalue weighted by atomic mass is 16.5. The van der Waals surface area contributed by atoms with Crippen LogP contribution in [0.15, 0.2) is 34.9 Å². The van der Waals surface area contributed by atoms with Crippen LogP contribution in [0.1, 0.15) is 20.9 Å². The highest BCUT2D eigenvalue weighted by molar-refractivity contribution is 6.06. The first kappa shape index (κ1) is 13.6. The summed E-state index contributed by atoms with van der Waals surface area (Å²) in [5.41, 5.74) is 0.564. The Labute approximate surface area is 114 Å². The molecule has 0 saturated carbocycles. The third-order valence-electron chi connectivity index (χ3n) is 2.50. The van der Waals surface area contributed by atoms with E-state index < -0.39 is 11.9 Å². The number of rotatable bonds is 4. The zero-order valence-corrected chi connectivity index (χ0v) is 10.9. The van der Waals surface area contributed by atoms with Crippen LogP contribution in [0.4, 0.5) is 5.69 Å². The maximum Gasteiger partial charge on any atom is 0.339 e. The number of carbonyl (C=O) groups excluding carboxylic acids is 2. The molecular weight excluding hydrogens is 264 g/mol. The van der Waals surface area contributed by atoms with Gasteiger partial charge in [0.15, 0.2) is 0 Å². The zero-order valence-electron chi connectivity index (χ0n) is 10.9. The fourth-order valence-corrected chi connectivity index (χ4v) is 1.53. The number of hydrogen-bond acceptors (Lipinski definition) is 6. The lowest BCUT2D eigenvalue weighted by Crippen LogP contribution is -2.14. The van der Waals surface area contributed by atoms with Gasteiger partial charge < -0.3 is 19.3 Å². The predicted molar refractivity (Wildman–Crippen MR) is 68.8 cm³/mol.